The van der Waals surface area contributed by atoms with Gasteiger partial charge in [-0.15, -0.1) is 12.4 Å². The quantitative estimate of drug-likeness (QED) is 0.310. The van der Waals surface area contributed by atoms with Crippen LogP contribution in [0, 0.1) is 0 Å². The monoisotopic (exact) mass is 466 g/mol. The van der Waals surface area contributed by atoms with Gasteiger partial charge in [0.1, 0.15) is 12.4 Å². The van der Waals surface area contributed by atoms with Gasteiger partial charge >= 0.3 is 0 Å². The Morgan fingerprint density at radius 2 is 1.85 bits per heavy atom. The summed E-state index contributed by atoms with van der Waals surface area (Å²) in [4.78, 5) is 9.01. The molecule has 33 heavy (non-hydrogen) atoms. The predicted molar refractivity (Wildman–Crippen MR) is 129 cm³/mol. The SMILES string of the molecule is COc1ccc(Cc2nc3c(OCc4ccccn4)cccc3o2)cc1OC1CCCC1.Cl. The van der Waals surface area contributed by atoms with Gasteiger partial charge in [-0.2, -0.15) is 0 Å². The Bertz CT molecular complexity index is 1190. The molecule has 0 atom stereocenters. The van der Waals surface area contributed by atoms with E-state index < -0.39 is 0 Å². The molecule has 0 saturated heterocycles. The van der Waals surface area contributed by atoms with Crippen molar-refractivity contribution in [1.29, 1.82) is 0 Å². The van der Waals surface area contributed by atoms with Gasteiger partial charge in [-0.25, -0.2) is 4.98 Å². The van der Waals surface area contributed by atoms with Crippen molar-refractivity contribution in [2.75, 3.05) is 7.11 Å². The smallest absolute Gasteiger partial charge is 0.200 e. The van der Waals surface area contributed by atoms with E-state index in [0.717, 1.165) is 41.1 Å². The second-order valence-electron chi connectivity index (χ2n) is 8.01. The van der Waals surface area contributed by atoms with Crippen molar-refractivity contribution in [1.82, 2.24) is 9.97 Å². The van der Waals surface area contributed by atoms with Crippen LogP contribution in [-0.4, -0.2) is 23.2 Å². The Balaban J connectivity index is 0.00000259. The zero-order valence-corrected chi connectivity index (χ0v) is 19.3. The molecule has 172 valence electrons. The molecule has 6 nitrogen and oxygen atoms in total. The fraction of sp³-hybridized carbons (Fsp3) is 0.308. The summed E-state index contributed by atoms with van der Waals surface area (Å²) in [5, 5.41) is 0. The molecule has 1 aliphatic rings. The summed E-state index contributed by atoms with van der Waals surface area (Å²) in [5.41, 5.74) is 3.34. The first-order valence-corrected chi connectivity index (χ1v) is 11.0. The number of rotatable bonds is 8. The number of benzene rings is 2. The number of oxazole rings is 1. The van der Waals surface area contributed by atoms with Crippen molar-refractivity contribution in [3.63, 3.8) is 0 Å². The van der Waals surface area contributed by atoms with Crippen LogP contribution in [-0.2, 0) is 13.0 Å². The van der Waals surface area contributed by atoms with Gasteiger partial charge in [-0.1, -0.05) is 18.2 Å². The van der Waals surface area contributed by atoms with Crippen LogP contribution in [0.15, 0.2) is 65.2 Å². The molecule has 5 rings (SSSR count). The zero-order valence-electron chi connectivity index (χ0n) is 18.5. The lowest BCUT2D eigenvalue weighted by Crippen LogP contribution is -2.11. The number of aromatic nitrogens is 2. The lowest BCUT2D eigenvalue weighted by molar-refractivity contribution is 0.200. The number of ether oxygens (including phenoxy) is 3. The molecule has 1 aliphatic carbocycles. The fourth-order valence-corrected chi connectivity index (χ4v) is 4.08. The Hall–Kier alpha value is -3.25. The van der Waals surface area contributed by atoms with E-state index in [2.05, 4.69) is 4.98 Å². The van der Waals surface area contributed by atoms with Gasteiger partial charge in [-0.3, -0.25) is 4.98 Å². The summed E-state index contributed by atoms with van der Waals surface area (Å²) >= 11 is 0. The normalized spacial score (nSPS) is 13.6. The molecule has 4 aromatic rings. The van der Waals surface area contributed by atoms with Crippen molar-refractivity contribution >= 4 is 23.5 Å². The van der Waals surface area contributed by atoms with Gasteiger partial charge in [0.2, 0.25) is 0 Å². The highest BCUT2D eigenvalue weighted by Crippen LogP contribution is 2.33. The summed E-state index contributed by atoms with van der Waals surface area (Å²) in [6.45, 7) is 0.377. The van der Waals surface area contributed by atoms with E-state index in [1.54, 1.807) is 13.3 Å². The molecule has 2 heterocycles. The maximum absolute atomic E-state index is 6.23. The number of nitrogens with zero attached hydrogens (tertiary/aromatic N) is 2. The Morgan fingerprint density at radius 1 is 0.970 bits per heavy atom. The summed E-state index contributed by atoms with van der Waals surface area (Å²) in [6, 6.07) is 17.5. The first-order valence-electron chi connectivity index (χ1n) is 11.0. The zero-order chi connectivity index (χ0) is 21.8. The van der Waals surface area contributed by atoms with E-state index in [1.807, 2.05) is 54.6 Å². The molecule has 2 aromatic carbocycles. The first kappa shape index (κ1) is 22.9. The second kappa shape index (κ2) is 10.6. The van der Waals surface area contributed by atoms with E-state index >= 15 is 0 Å². The first-order chi connectivity index (χ1) is 15.8. The molecule has 0 amide bonds. The number of fused-ring (bicyclic) bond motifs is 1. The summed E-state index contributed by atoms with van der Waals surface area (Å²) in [5.74, 6) is 2.85. The van der Waals surface area contributed by atoms with Gasteiger partial charge in [0.05, 0.1) is 18.9 Å². The molecule has 1 saturated carbocycles. The van der Waals surface area contributed by atoms with Gasteiger partial charge < -0.3 is 18.6 Å². The summed E-state index contributed by atoms with van der Waals surface area (Å²) < 4.78 is 23.7. The molecule has 0 N–H and O–H groups in total. The Morgan fingerprint density at radius 3 is 2.64 bits per heavy atom. The molecular weight excluding hydrogens is 440 g/mol. The van der Waals surface area contributed by atoms with Gasteiger partial charge in [-0.05, 0) is 67.6 Å². The molecule has 0 bridgehead atoms. The third-order valence-corrected chi connectivity index (χ3v) is 5.71. The molecular formula is C26H27ClN2O4. The van der Waals surface area contributed by atoms with Gasteiger partial charge in [0, 0.05) is 12.6 Å². The van der Waals surface area contributed by atoms with Crippen LogP contribution < -0.4 is 14.2 Å². The highest BCUT2D eigenvalue weighted by molar-refractivity contribution is 5.85. The fourth-order valence-electron chi connectivity index (χ4n) is 4.08. The van der Waals surface area contributed by atoms with Gasteiger partial charge in [0.25, 0.3) is 0 Å². The van der Waals surface area contributed by atoms with Crippen molar-refractivity contribution in [2.24, 2.45) is 0 Å². The van der Waals surface area contributed by atoms with E-state index in [9.17, 15) is 0 Å². The molecule has 0 unspecified atom stereocenters. The van der Waals surface area contributed by atoms with E-state index in [4.69, 9.17) is 23.6 Å². The minimum atomic E-state index is 0. The predicted octanol–water partition coefficient (Wildman–Crippen LogP) is 6.14. The topological polar surface area (TPSA) is 66.6 Å². The molecule has 1 fully saturated rings. The highest BCUT2D eigenvalue weighted by atomic mass is 35.5. The molecule has 0 aliphatic heterocycles. The molecule has 0 radical (unpaired) electrons. The Labute approximate surface area is 199 Å². The third-order valence-electron chi connectivity index (χ3n) is 5.71. The summed E-state index contributed by atoms with van der Waals surface area (Å²) in [6.07, 6.45) is 7.22. The number of methoxy groups -OCH3 is 1. The maximum atomic E-state index is 6.23. The van der Waals surface area contributed by atoms with Crippen LogP contribution in [0.2, 0.25) is 0 Å². The van der Waals surface area contributed by atoms with Crippen LogP contribution in [0.3, 0.4) is 0 Å². The number of hydrogen-bond donors (Lipinski definition) is 0. The number of halogens is 1. The molecule has 7 heteroatoms. The van der Waals surface area contributed by atoms with E-state index in [-0.39, 0.29) is 18.5 Å². The number of para-hydroxylation sites is 1. The van der Waals surface area contributed by atoms with Crippen molar-refractivity contribution in [2.45, 2.75) is 44.8 Å². The van der Waals surface area contributed by atoms with Crippen LogP contribution in [0.25, 0.3) is 11.1 Å². The maximum Gasteiger partial charge on any atom is 0.200 e. The van der Waals surface area contributed by atoms with Crippen LogP contribution >= 0.6 is 12.4 Å². The highest BCUT2D eigenvalue weighted by Gasteiger charge is 2.19. The summed E-state index contributed by atoms with van der Waals surface area (Å²) in [7, 11) is 1.67. The average Bonchev–Trinajstić information content (AvgIpc) is 3.48. The van der Waals surface area contributed by atoms with Crippen molar-refractivity contribution in [3.05, 3.63) is 77.9 Å². The molecule has 2 aromatic heterocycles. The van der Waals surface area contributed by atoms with Crippen molar-refractivity contribution < 1.29 is 18.6 Å². The van der Waals surface area contributed by atoms with E-state index in [0.29, 0.717) is 30.3 Å². The molecule has 0 spiro atoms. The average molecular weight is 467 g/mol. The van der Waals surface area contributed by atoms with Crippen molar-refractivity contribution in [3.8, 4) is 17.2 Å². The number of pyridine rings is 1. The largest absolute Gasteiger partial charge is 0.493 e. The standard InChI is InChI=1S/C26H26N2O4.ClH/c1-29-21-13-12-18(15-24(21)31-20-8-2-3-9-20)16-25-28-26-22(10-6-11-23(26)32-25)30-17-19-7-4-5-14-27-19;/h4-7,10-15,20H,2-3,8-9,16-17H2,1H3;1H. The minimum Gasteiger partial charge on any atom is -0.493 e. The second-order valence-corrected chi connectivity index (χ2v) is 8.01. The Kier molecular flexibility index (Phi) is 7.35. The van der Waals surface area contributed by atoms with Crippen LogP contribution in [0.1, 0.15) is 42.8 Å². The van der Waals surface area contributed by atoms with Crippen LogP contribution in [0.5, 0.6) is 17.2 Å². The lowest BCUT2D eigenvalue weighted by atomic mass is 10.1. The van der Waals surface area contributed by atoms with Gasteiger partial charge in [0.15, 0.2) is 28.5 Å². The van der Waals surface area contributed by atoms with E-state index in [1.165, 1.54) is 12.8 Å². The minimum absolute atomic E-state index is 0. The third kappa shape index (κ3) is 5.40. The number of hydrogen-bond acceptors (Lipinski definition) is 6. The van der Waals surface area contributed by atoms with Crippen LogP contribution in [0.4, 0.5) is 0 Å². The lowest BCUT2D eigenvalue weighted by Gasteiger charge is -2.16.